The van der Waals surface area contributed by atoms with Crippen LogP contribution in [0.3, 0.4) is 0 Å². The standard InChI is InChI=1S/C19H22N4O2/c1-2-3-5-9-14-12-8-13-16(14)20-21-17(24)19-23-22-18(25-19)15-10-6-4-7-11-15/h4,6-7,10-12H,2-3,5,8-9,13H2,1H3,(H,21,24). The number of hydrazone groups is 1. The van der Waals surface area contributed by atoms with E-state index in [1.54, 1.807) is 0 Å². The summed E-state index contributed by atoms with van der Waals surface area (Å²) in [5.74, 6) is -0.251. The molecule has 1 aromatic heterocycles. The number of hydrogen-bond donors (Lipinski definition) is 1. The Morgan fingerprint density at radius 1 is 1.24 bits per heavy atom. The predicted molar refractivity (Wildman–Crippen MR) is 96.1 cm³/mol. The van der Waals surface area contributed by atoms with Gasteiger partial charge in [0.1, 0.15) is 0 Å². The zero-order chi connectivity index (χ0) is 17.5. The number of hydrogen-bond acceptors (Lipinski definition) is 5. The molecule has 0 unspecified atom stereocenters. The van der Waals surface area contributed by atoms with E-state index < -0.39 is 5.91 Å². The molecule has 3 rings (SSSR count). The van der Waals surface area contributed by atoms with Crippen LogP contribution in [-0.2, 0) is 0 Å². The third-order valence-electron chi connectivity index (χ3n) is 4.12. The summed E-state index contributed by atoms with van der Waals surface area (Å²) in [7, 11) is 0. The van der Waals surface area contributed by atoms with Crippen molar-refractivity contribution in [3.63, 3.8) is 0 Å². The predicted octanol–water partition coefficient (Wildman–Crippen LogP) is 4.12. The van der Waals surface area contributed by atoms with Crippen molar-refractivity contribution in [2.75, 3.05) is 0 Å². The maximum atomic E-state index is 12.2. The van der Waals surface area contributed by atoms with E-state index in [-0.39, 0.29) is 5.89 Å². The van der Waals surface area contributed by atoms with Crippen LogP contribution < -0.4 is 5.43 Å². The third-order valence-corrected chi connectivity index (χ3v) is 4.12. The van der Waals surface area contributed by atoms with Gasteiger partial charge in [-0.3, -0.25) is 4.79 Å². The molecular formula is C19H22N4O2. The van der Waals surface area contributed by atoms with Gasteiger partial charge in [0.05, 0.1) is 5.71 Å². The van der Waals surface area contributed by atoms with Crippen LogP contribution in [0, 0.1) is 0 Å². The highest BCUT2D eigenvalue weighted by atomic mass is 16.4. The number of carbonyl (C=O) groups is 1. The highest BCUT2D eigenvalue weighted by Crippen LogP contribution is 2.21. The number of aromatic nitrogens is 2. The van der Waals surface area contributed by atoms with Gasteiger partial charge in [0.2, 0.25) is 5.89 Å². The fraction of sp³-hybridized carbons (Fsp3) is 0.368. The summed E-state index contributed by atoms with van der Waals surface area (Å²) in [6.07, 6.45) is 8.62. The van der Waals surface area contributed by atoms with E-state index in [1.165, 1.54) is 18.4 Å². The number of nitrogens with one attached hydrogen (secondary N) is 1. The van der Waals surface area contributed by atoms with Gasteiger partial charge in [-0.15, -0.1) is 10.2 Å². The number of allylic oxidation sites excluding steroid dienone is 2. The van der Waals surface area contributed by atoms with Crippen LogP contribution in [0.15, 0.2) is 51.5 Å². The molecule has 0 saturated heterocycles. The van der Waals surface area contributed by atoms with Crippen LogP contribution in [0.4, 0.5) is 0 Å². The molecule has 1 aliphatic carbocycles. The van der Waals surface area contributed by atoms with Crippen LogP contribution in [0.2, 0.25) is 0 Å². The summed E-state index contributed by atoms with van der Waals surface area (Å²) in [4.78, 5) is 12.2. The maximum absolute atomic E-state index is 12.2. The van der Waals surface area contributed by atoms with Crippen molar-refractivity contribution in [3.8, 4) is 11.5 Å². The molecule has 25 heavy (non-hydrogen) atoms. The number of rotatable bonds is 7. The molecule has 0 fully saturated rings. The third kappa shape index (κ3) is 4.41. The Hall–Kier alpha value is -2.76. The van der Waals surface area contributed by atoms with Gasteiger partial charge in [-0.05, 0) is 43.4 Å². The Morgan fingerprint density at radius 2 is 2.08 bits per heavy atom. The van der Waals surface area contributed by atoms with Crippen LogP contribution in [0.25, 0.3) is 11.5 Å². The Kier molecular flexibility index (Phi) is 5.72. The summed E-state index contributed by atoms with van der Waals surface area (Å²) >= 11 is 0. The van der Waals surface area contributed by atoms with Crippen LogP contribution >= 0.6 is 0 Å². The molecule has 6 heteroatoms. The van der Waals surface area contributed by atoms with Gasteiger partial charge in [-0.2, -0.15) is 5.10 Å². The second-order valence-corrected chi connectivity index (χ2v) is 6.00. The first-order valence-corrected chi connectivity index (χ1v) is 8.73. The van der Waals surface area contributed by atoms with Crippen molar-refractivity contribution >= 4 is 11.6 Å². The number of nitrogens with zero attached hydrogens (tertiary/aromatic N) is 3. The second kappa shape index (κ2) is 8.37. The number of amides is 1. The fourth-order valence-corrected chi connectivity index (χ4v) is 2.78. The smallest absolute Gasteiger partial charge is 0.328 e. The summed E-state index contributed by atoms with van der Waals surface area (Å²) in [5.41, 5.74) is 5.50. The summed E-state index contributed by atoms with van der Waals surface area (Å²) in [6, 6.07) is 9.34. The first-order chi connectivity index (χ1) is 12.3. The fourth-order valence-electron chi connectivity index (χ4n) is 2.78. The zero-order valence-corrected chi connectivity index (χ0v) is 14.4. The van der Waals surface area contributed by atoms with Crippen LogP contribution in [-0.4, -0.2) is 21.8 Å². The van der Waals surface area contributed by atoms with Gasteiger partial charge >= 0.3 is 11.8 Å². The first-order valence-electron chi connectivity index (χ1n) is 8.73. The molecule has 0 saturated carbocycles. The topological polar surface area (TPSA) is 80.4 Å². The lowest BCUT2D eigenvalue weighted by molar-refractivity contribution is 0.0921. The van der Waals surface area contributed by atoms with Crippen molar-refractivity contribution in [1.29, 1.82) is 0 Å². The average molecular weight is 338 g/mol. The molecule has 0 aliphatic heterocycles. The minimum atomic E-state index is -0.484. The Labute approximate surface area is 147 Å². The molecule has 0 spiro atoms. The van der Waals surface area contributed by atoms with Gasteiger partial charge in [-0.25, -0.2) is 5.43 Å². The van der Waals surface area contributed by atoms with Gasteiger partial charge in [-0.1, -0.05) is 44.0 Å². The molecule has 2 aromatic rings. The Morgan fingerprint density at radius 3 is 2.88 bits per heavy atom. The molecule has 1 aromatic carbocycles. The Balaban J connectivity index is 1.61. The molecule has 0 atom stereocenters. The average Bonchev–Trinajstić information content (AvgIpc) is 3.30. The normalized spacial score (nSPS) is 15.4. The summed E-state index contributed by atoms with van der Waals surface area (Å²) in [5, 5.41) is 12.0. The van der Waals surface area contributed by atoms with E-state index >= 15 is 0 Å². The molecule has 1 N–H and O–H groups in total. The lowest BCUT2D eigenvalue weighted by atomic mass is 10.1. The molecular weight excluding hydrogens is 316 g/mol. The quantitative estimate of drug-likeness (QED) is 0.608. The lowest BCUT2D eigenvalue weighted by Crippen LogP contribution is -2.20. The maximum Gasteiger partial charge on any atom is 0.328 e. The first kappa shape index (κ1) is 17.1. The van der Waals surface area contributed by atoms with Crippen molar-refractivity contribution in [1.82, 2.24) is 15.6 Å². The molecule has 0 radical (unpaired) electrons. The number of carbonyl (C=O) groups excluding carboxylic acids is 1. The SMILES string of the molecule is CCCCCC1=CCCC1=NNC(=O)c1nnc(-c2ccccc2)o1. The monoisotopic (exact) mass is 338 g/mol. The molecule has 1 amide bonds. The zero-order valence-electron chi connectivity index (χ0n) is 14.4. The van der Waals surface area contributed by atoms with Gasteiger partial charge in [0.25, 0.3) is 0 Å². The van der Waals surface area contributed by atoms with Gasteiger partial charge in [0.15, 0.2) is 0 Å². The van der Waals surface area contributed by atoms with E-state index in [1.807, 2.05) is 30.3 Å². The minimum absolute atomic E-state index is 0.0855. The van der Waals surface area contributed by atoms with E-state index in [0.717, 1.165) is 37.0 Å². The van der Waals surface area contributed by atoms with Crippen molar-refractivity contribution < 1.29 is 9.21 Å². The van der Waals surface area contributed by atoms with E-state index in [9.17, 15) is 4.79 Å². The molecule has 130 valence electrons. The van der Waals surface area contributed by atoms with Gasteiger partial charge in [0, 0.05) is 5.56 Å². The summed E-state index contributed by atoms with van der Waals surface area (Å²) in [6.45, 7) is 2.19. The highest BCUT2D eigenvalue weighted by Gasteiger charge is 2.17. The highest BCUT2D eigenvalue weighted by molar-refractivity contribution is 6.03. The van der Waals surface area contributed by atoms with E-state index in [0.29, 0.717) is 5.89 Å². The second-order valence-electron chi connectivity index (χ2n) is 6.00. The van der Waals surface area contributed by atoms with E-state index in [2.05, 4.69) is 33.7 Å². The lowest BCUT2D eigenvalue weighted by Gasteiger charge is -2.04. The number of benzene rings is 1. The molecule has 6 nitrogen and oxygen atoms in total. The summed E-state index contributed by atoms with van der Waals surface area (Å²) < 4.78 is 5.43. The van der Waals surface area contributed by atoms with Crippen LogP contribution in [0.1, 0.15) is 56.1 Å². The van der Waals surface area contributed by atoms with E-state index in [4.69, 9.17) is 4.42 Å². The Bertz CT molecular complexity index is 778. The van der Waals surface area contributed by atoms with Crippen LogP contribution in [0.5, 0.6) is 0 Å². The molecule has 1 aliphatic rings. The largest absolute Gasteiger partial charge is 0.412 e. The minimum Gasteiger partial charge on any atom is -0.412 e. The van der Waals surface area contributed by atoms with Crippen molar-refractivity contribution in [2.24, 2.45) is 5.10 Å². The molecule has 0 bridgehead atoms. The number of unbranched alkanes of at least 4 members (excludes halogenated alkanes) is 2. The van der Waals surface area contributed by atoms with Crippen molar-refractivity contribution in [2.45, 2.75) is 45.4 Å². The van der Waals surface area contributed by atoms with Crippen molar-refractivity contribution in [3.05, 3.63) is 47.9 Å². The molecule has 1 heterocycles. The van der Waals surface area contributed by atoms with Gasteiger partial charge < -0.3 is 4.42 Å².